The van der Waals surface area contributed by atoms with Crippen LogP contribution in [0.2, 0.25) is 0 Å². The van der Waals surface area contributed by atoms with E-state index in [0.29, 0.717) is 17.6 Å². The lowest BCUT2D eigenvalue weighted by molar-refractivity contribution is -0.140. The summed E-state index contributed by atoms with van der Waals surface area (Å²) in [6, 6.07) is 6.06. The van der Waals surface area contributed by atoms with Crippen LogP contribution in [0.4, 0.5) is 0 Å². The number of rotatable bonds is 4. The number of aliphatic imine (C=N–C) groups is 1. The van der Waals surface area contributed by atoms with Gasteiger partial charge in [-0.1, -0.05) is 38.1 Å². The Labute approximate surface area is 151 Å². The second-order valence-electron chi connectivity index (χ2n) is 7.67. The molecule has 0 heterocycles. The summed E-state index contributed by atoms with van der Waals surface area (Å²) in [6.07, 6.45) is 1.88. The molecule has 0 saturated heterocycles. The predicted molar refractivity (Wildman–Crippen MR) is 97.8 cm³/mol. The van der Waals surface area contributed by atoms with Crippen molar-refractivity contribution >= 4 is 28.9 Å². The van der Waals surface area contributed by atoms with Crippen molar-refractivity contribution in [3.8, 4) is 0 Å². The minimum Gasteiger partial charge on any atom is -0.480 e. The van der Waals surface area contributed by atoms with E-state index in [2.05, 4.69) is 18.8 Å². The molecule has 0 aromatic heterocycles. The molecule has 2 aliphatic carbocycles. The third kappa shape index (κ3) is 3.31. The molecule has 1 aromatic carbocycles. The van der Waals surface area contributed by atoms with Crippen LogP contribution in [0.25, 0.3) is 5.57 Å². The molecule has 1 atom stereocenters. The molecule has 6 heteroatoms. The van der Waals surface area contributed by atoms with Gasteiger partial charge in [-0.25, -0.2) is 4.79 Å². The van der Waals surface area contributed by atoms with E-state index in [1.165, 1.54) is 0 Å². The zero-order valence-electron chi connectivity index (χ0n) is 14.9. The molecule has 2 aliphatic rings. The van der Waals surface area contributed by atoms with Gasteiger partial charge in [0.15, 0.2) is 6.04 Å². The Hall–Kier alpha value is -2.76. The number of carbonyl (C=O) groups is 3. The fourth-order valence-electron chi connectivity index (χ4n) is 3.68. The van der Waals surface area contributed by atoms with Crippen LogP contribution >= 0.6 is 0 Å². The largest absolute Gasteiger partial charge is 0.480 e. The van der Waals surface area contributed by atoms with Gasteiger partial charge in [0.25, 0.3) is 0 Å². The molecule has 1 aromatic rings. The summed E-state index contributed by atoms with van der Waals surface area (Å²) in [4.78, 5) is 39.9. The van der Waals surface area contributed by atoms with E-state index in [1.807, 2.05) is 12.1 Å². The molecule has 0 saturated carbocycles. The van der Waals surface area contributed by atoms with Crippen molar-refractivity contribution in [1.82, 2.24) is 0 Å². The zero-order chi connectivity index (χ0) is 19.1. The van der Waals surface area contributed by atoms with Crippen LogP contribution in [0.15, 0.2) is 34.8 Å². The number of fused-ring (bicyclic) bond motifs is 2. The number of ketones is 1. The lowest BCUT2D eigenvalue weighted by atomic mass is 9.68. The Morgan fingerprint density at radius 1 is 1.23 bits per heavy atom. The number of carboxylic acid groups (broad SMARTS) is 1. The second kappa shape index (κ2) is 6.52. The van der Waals surface area contributed by atoms with Crippen molar-refractivity contribution in [2.75, 3.05) is 0 Å². The zero-order valence-corrected chi connectivity index (χ0v) is 14.9. The third-order valence-corrected chi connectivity index (χ3v) is 5.03. The average Bonchev–Trinajstić information content (AvgIpc) is 2.56. The summed E-state index contributed by atoms with van der Waals surface area (Å²) in [7, 11) is 0. The maximum absolute atomic E-state index is 13.1. The van der Waals surface area contributed by atoms with Crippen molar-refractivity contribution in [1.29, 1.82) is 0 Å². The van der Waals surface area contributed by atoms with Crippen molar-refractivity contribution in [2.24, 2.45) is 16.1 Å². The van der Waals surface area contributed by atoms with Crippen LogP contribution in [0.5, 0.6) is 0 Å². The smallest absolute Gasteiger partial charge is 0.328 e. The van der Waals surface area contributed by atoms with Crippen LogP contribution in [-0.4, -0.2) is 34.5 Å². The van der Waals surface area contributed by atoms with Crippen LogP contribution in [0.3, 0.4) is 0 Å². The Morgan fingerprint density at radius 2 is 1.88 bits per heavy atom. The number of Topliss-reactive ketones (excluding diaryl/α,β-unsaturated/α-hetero) is 1. The first-order chi connectivity index (χ1) is 12.2. The van der Waals surface area contributed by atoms with E-state index >= 15 is 0 Å². The van der Waals surface area contributed by atoms with E-state index in [1.54, 1.807) is 12.1 Å². The number of carbonyl (C=O) groups excluding carboxylic acids is 2. The minimum absolute atomic E-state index is 0.108. The maximum atomic E-state index is 13.1. The Morgan fingerprint density at radius 3 is 2.50 bits per heavy atom. The Balaban J connectivity index is 2.14. The van der Waals surface area contributed by atoms with Crippen LogP contribution in [0.1, 0.15) is 50.7 Å². The fraction of sp³-hybridized carbons (Fsp3) is 0.400. The second-order valence-corrected chi connectivity index (χ2v) is 7.67. The third-order valence-electron chi connectivity index (χ3n) is 5.03. The number of amides is 1. The van der Waals surface area contributed by atoms with Gasteiger partial charge >= 0.3 is 5.97 Å². The molecule has 6 nitrogen and oxygen atoms in total. The SMILES string of the molecule is CC1(C)CCC2=C(C1)c1ccccc1/C(=N/[C@@H](CC(N)=O)C(=O)O)C2=O. The van der Waals surface area contributed by atoms with Gasteiger partial charge < -0.3 is 10.8 Å². The summed E-state index contributed by atoms with van der Waals surface area (Å²) in [5.74, 6) is -2.27. The van der Waals surface area contributed by atoms with E-state index in [9.17, 15) is 19.5 Å². The monoisotopic (exact) mass is 354 g/mol. The molecule has 0 fully saturated rings. The lowest BCUT2D eigenvalue weighted by Gasteiger charge is -2.36. The fourth-order valence-corrected chi connectivity index (χ4v) is 3.68. The molecule has 3 N–H and O–H groups in total. The average molecular weight is 354 g/mol. The van der Waals surface area contributed by atoms with Crippen molar-refractivity contribution < 1.29 is 19.5 Å². The topological polar surface area (TPSA) is 110 Å². The molecular weight excluding hydrogens is 332 g/mol. The number of hydrogen-bond donors (Lipinski definition) is 2. The van der Waals surface area contributed by atoms with Crippen LogP contribution < -0.4 is 5.73 Å². The van der Waals surface area contributed by atoms with Gasteiger partial charge in [0.05, 0.1) is 6.42 Å². The number of nitrogens with two attached hydrogens (primary N) is 1. The molecule has 136 valence electrons. The molecule has 0 spiro atoms. The number of carboxylic acids is 1. The number of hydrogen-bond acceptors (Lipinski definition) is 4. The number of benzene rings is 1. The quantitative estimate of drug-likeness (QED) is 0.864. The van der Waals surface area contributed by atoms with Gasteiger partial charge in [-0.3, -0.25) is 14.6 Å². The summed E-state index contributed by atoms with van der Waals surface area (Å²) in [6.45, 7) is 4.36. The van der Waals surface area contributed by atoms with E-state index in [-0.39, 0.29) is 16.9 Å². The molecular formula is C20H22N2O4. The first-order valence-corrected chi connectivity index (χ1v) is 8.65. The van der Waals surface area contributed by atoms with Gasteiger partial charge in [0, 0.05) is 11.1 Å². The number of allylic oxidation sites excluding steroid dienone is 2. The molecule has 3 rings (SSSR count). The summed E-state index contributed by atoms with van der Waals surface area (Å²) >= 11 is 0. The molecule has 0 bridgehead atoms. The molecule has 1 amide bonds. The Kier molecular flexibility index (Phi) is 4.52. The normalized spacial score (nSPS) is 21.2. The highest BCUT2D eigenvalue weighted by Gasteiger charge is 2.37. The highest BCUT2D eigenvalue weighted by atomic mass is 16.4. The summed E-state index contributed by atoms with van der Waals surface area (Å²) < 4.78 is 0. The highest BCUT2D eigenvalue weighted by Crippen LogP contribution is 2.46. The predicted octanol–water partition coefficient (Wildman–Crippen LogP) is 2.35. The van der Waals surface area contributed by atoms with E-state index in [4.69, 9.17) is 5.73 Å². The van der Waals surface area contributed by atoms with Crippen LogP contribution in [-0.2, 0) is 14.4 Å². The van der Waals surface area contributed by atoms with Crippen LogP contribution in [0, 0.1) is 5.41 Å². The molecule has 0 unspecified atom stereocenters. The van der Waals surface area contributed by atoms with Gasteiger partial charge in [0.1, 0.15) is 5.71 Å². The molecule has 0 aliphatic heterocycles. The van der Waals surface area contributed by atoms with E-state index < -0.39 is 24.3 Å². The highest BCUT2D eigenvalue weighted by molar-refractivity contribution is 6.54. The van der Waals surface area contributed by atoms with Crippen molar-refractivity contribution in [3.05, 3.63) is 41.0 Å². The number of primary amides is 1. The van der Waals surface area contributed by atoms with Gasteiger partial charge in [-0.2, -0.15) is 0 Å². The van der Waals surface area contributed by atoms with E-state index in [0.717, 1.165) is 24.0 Å². The first kappa shape index (κ1) is 18.0. The minimum atomic E-state index is -1.36. The maximum Gasteiger partial charge on any atom is 0.328 e. The van der Waals surface area contributed by atoms with Gasteiger partial charge in [-0.05, 0) is 35.8 Å². The molecule has 0 radical (unpaired) electrons. The summed E-state index contributed by atoms with van der Waals surface area (Å²) in [5.41, 5.74) is 8.66. The lowest BCUT2D eigenvalue weighted by Crippen LogP contribution is -2.33. The van der Waals surface area contributed by atoms with Crippen molar-refractivity contribution in [2.45, 2.75) is 45.6 Å². The van der Waals surface area contributed by atoms with Gasteiger partial charge in [-0.15, -0.1) is 0 Å². The molecule has 26 heavy (non-hydrogen) atoms. The first-order valence-electron chi connectivity index (χ1n) is 8.65. The number of nitrogens with zero attached hydrogens (tertiary/aromatic N) is 1. The summed E-state index contributed by atoms with van der Waals surface area (Å²) in [5, 5.41) is 9.35. The number of aliphatic carboxylic acids is 1. The van der Waals surface area contributed by atoms with Crippen molar-refractivity contribution in [3.63, 3.8) is 0 Å². The standard InChI is InChI=1S/C20H22N2O4/c1-20(2)8-7-13-14(10-20)11-5-3-4-6-12(11)17(18(13)24)22-15(19(25)26)9-16(21)23/h3-6,15H,7-10H2,1-2H3,(H2,21,23)(H,25,26)/b22-17-/t15-/m0/s1. The van der Waals surface area contributed by atoms with Gasteiger partial charge in [0.2, 0.25) is 11.7 Å². The Bertz CT molecular complexity index is 864.